The number of methoxy groups -OCH3 is 1. The Balaban J connectivity index is 2.09. The minimum Gasteiger partial charge on any atom is -0.380 e. The van der Waals surface area contributed by atoms with E-state index in [-0.39, 0.29) is 0 Å². The number of allylic oxidation sites excluding steroid dienone is 1. The van der Waals surface area contributed by atoms with Crippen LogP contribution in [0.5, 0.6) is 0 Å². The summed E-state index contributed by atoms with van der Waals surface area (Å²) >= 11 is 17.3. The highest BCUT2D eigenvalue weighted by atomic mass is 35.5. The molecule has 0 aliphatic heterocycles. The second-order valence-electron chi connectivity index (χ2n) is 5.73. The molecule has 0 fully saturated rings. The van der Waals surface area contributed by atoms with Crippen molar-refractivity contribution in [2.45, 2.75) is 25.9 Å². The fourth-order valence-corrected chi connectivity index (χ4v) is 4.05. The van der Waals surface area contributed by atoms with E-state index in [1.165, 1.54) is 22.3 Å². The second kappa shape index (κ2) is 7.31. The molecule has 0 N–H and O–H groups in total. The Morgan fingerprint density at radius 3 is 2.57 bits per heavy atom. The maximum Gasteiger partial charge on any atom is 0.0713 e. The monoisotopic (exact) mass is 364 g/mol. The van der Waals surface area contributed by atoms with Crippen LogP contribution in [0, 0.1) is 0 Å². The van der Waals surface area contributed by atoms with E-state index in [4.69, 9.17) is 40.6 Å². The van der Waals surface area contributed by atoms with Crippen LogP contribution in [0.4, 0.5) is 0 Å². The van der Waals surface area contributed by atoms with Crippen LogP contribution in [0.15, 0.2) is 36.4 Å². The van der Waals surface area contributed by atoms with E-state index in [9.17, 15) is 0 Å². The second-order valence-corrected chi connectivity index (χ2v) is 7.02. The molecule has 120 valence electrons. The van der Waals surface area contributed by atoms with Crippen LogP contribution >= 0.6 is 35.8 Å². The van der Waals surface area contributed by atoms with E-state index in [0.717, 1.165) is 29.7 Å². The quantitative estimate of drug-likeness (QED) is 0.631. The number of ether oxygens (including phenoxy) is 1. The molecule has 0 atom stereocenters. The molecule has 2 aromatic rings. The molecule has 0 aromatic heterocycles. The van der Waals surface area contributed by atoms with Crippen LogP contribution in [0.3, 0.4) is 0 Å². The number of benzene rings is 2. The first-order chi connectivity index (χ1) is 11.1. The highest BCUT2D eigenvalue weighted by molar-refractivity contribution is 7.90. The fraction of sp³-hybridized carbons (Fsp3) is 0.263. The molecule has 0 radical (unpaired) electrons. The van der Waals surface area contributed by atoms with Gasteiger partial charge in [-0.1, -0.05) is 47.5 Å². The third-order valence-corrected chi connectivity index (χ3v) is 5.21. The molecule has 0 amide bonds. The largest absolute Gasteiger partial charge is 0.380 e. The molecular formula is C19H18Cl2OS. The summed E-state index contributed by atoms with van der Waals surface area (Å²) in [7, 11) is 1.72. The Bertz CT molecular complexity index is 768. The normalized spacial score (nSPS) is 14.6. The fourth-order valence-electron chi connectivity index (χ4n) is 3.07. The van der Waals surface area contributed by atoms with Gasteiger partial charge in [0.1, 0.15) is 0 Å². The first-order valence-corrected chi connectivity index (χ1v) is 8.79. The molecule has 0 saturated carbocycles. The number of rotatable bonds is 3. The number of fused-ring (bicyclic) bond motifs is 1. The summed E-state index contributed by atoms with van der Waals surface area (Å²) in [6.07, 6.45) is 3.06. The minimum absolute atomic E-state index is 0.634. The molecule has 2 aromatic carbocycles. The van der Waals surface area contributed by atoms with Crippen LogP contribution < -0.4 is 0 Å². The summed E-state index contributed by atoms with van der Waals surface area (Å²) in [5, 5.41) is 1.33. The highest BCUT2D eigenvalue weighted by Gasteiger charge is 2.18. The Kier molecular flexibility index (Phi) is 5.38. The Hall–Kier alpha value is -0.930. The van der Waals surface area contributed by atoms with Gasteiger partial charge in [-0.3, -0.25) is 0 Å². The molecule has 4 heteroatoms. The lowest BCUT2D eigenvalue weighted by Gasteiger charge is -2.13. The average Bonchev–Trinajstić information content (AvgIpc) is 2.67. The Morgan fingerprint density at radius 1 is 1.04 bits per heavy atom. The van der Waals surface area contributed by atoms with Crippen molar-refractivity contribution < 1.29 is 4.74 Å². The van der Waals surface area contributed by atoms with E-state index in [2.05, 4.69) is 18.2 Å². The van der Waals surface area contributed by atoms with Gasteiger partial charge >= 0.3 is 0 Å². The first kappa shape index (κ1) is 16.9. The average molecular weight is 365 g/mol. The summed E-state index contributed by atoms with van der Waals surface area (Å²) in [5.74, 6) is 0. The summed E-state index contributed by atoms with van der Waals surface area (Å²) in [6.45, 7) is 0.634. The van der Waals surface area contributed by atoms with Gasteiger partial charge in [-0.2, -0.15) is 0 Å². The van der Waals surface area contributed by atoms with Crippen molar-refractivity contribution in [2.24, 2.45) is 0 Å². The van der Waals surface area contributed by atoms with Crippen LogP contribution in [-0.4, -0.2) is 7.11 Å². The van der Waals surface area contributed by atoms with E-state index < -0.39 is 0 Å². The van der Waals surface area contributed by atoms with Crippen molar-refractivity contribution in [3.8, 4) is 0 Å². The maximum atomic E-state index is 6.41. The van der Waals surface area contributed by atoms with Gasteiger partial charge in [-0.05, 0) is 59.2 Å². The van der Waals surface area contributed by atoms with Crippen molar-refractivity contribution in [2.75, 3.05) is 7.11 Å². The van der Waals surface area contributed by atoms with Gasteiger partial charge in [0, 0.05) is 22.1 Å². The molecule has 0 bridgehead atoms. The van der Waals surface area contributed by atoms with Crippen molar-refractivity contribution in [1.82, 2.24) is 0 Å². The van der Waals surface area contributed by atoms with Crippen molar-refractivity contribution in [3.63, 3.8) is 0 Å². The minimum atomic E-state index is 0.634. The molecule has 0 heterocycles. The predicted molar refractivity (Wildman–Crippen MR) is 102 cm³/mol. The van der Waals surface area contributed by atoms with E-state index in [1.54, 1.807) is 13.2 Å². The molecule has 0 saturated heterocycles. The third-order valence-electron chi connectivity index (χ3n) is 4.15. The maximum absolute atomic E-state index is 6.41. The van der Waals surface area contributed by atoms with Crippen molar-refractivity contribution in [3.05, 3.63) is 68.7 Å². The number of thiol groups is 1. The van der Waals surface area contributed by atoms with Crippen LogP contribution in [0.1, 0.15) is 35.1 Å². The smallest absolute Gasteiger partial charge is 0.0713 e. The van der Waals surface area contributed by atoms with Gasteiger partial charge in [-0.25, -0.2) is 0 Å². The molecule has 1 aliphatic carbocycles. The number of halogens is 2. The van der Waals surface area contributed by atoms with Gasteiger partial charge in [-0.15, -0.1) is 12.6 Å². The molecule has 0 spiro atoms. The predicted octanol–water partition coefficient (Wildman–Crippen LogP) is 6.27. The molecular weight excluding hydrogens is 347 g/mol. The first-order valence-electron chi connectivity index (χ1n) is 7.59. The summed E-state index contributed by atoms with van der Waals surface area (Å²) in [6, 6.07) is 12.1. The molecule has 1 nitrogen and oxygen atoms in total. The topological polar surface area (TPSA) is 9.23 Å². The van der Waals surface area contributed by atoms with Gasteiger partial charge in [0.15, 0.2) is 0 Å². The van der Waals surface area contributed by atoms with Gasteiger partial charge in [0.05, 0.1) is 6.61 Å². The lowest BCUT2D eigenvalue weighted by Crippen LogP contribution is -1.94. The third kappa shape index (κ3) is 3.61. The number of hydrogen-bond donors (Lipinski definition) is 1. The Labute approximate surface area is 152 Å². The summed E-state index contributed by atoms with van der Waals surface area (Å²) < 4.78 is 5.23. The molecule has 23 heavy (non-hydrogen) atoms. The van der Waals surface area contributed by atoms with Gasteiger partial charge < -0.3 is 4.74 Å². The zero-order valence-corrected chi connectivity index (χ0v) is 15.3. The zero-order chi connectivity index (χ0) is 16.4. The standard InChI is InChI=1S/C19H18Cl2OS/c1-22-11-12-5-7-15-13(9-12)3-2-4-17(19(15)23)16-8-6-14(20)10-18(16)21/h5-10,23H,2-4,11H2,1H3. The van der Waals surface area contributed by atoms with Crippen LogP contribution in [-0.2, 0) is 17.8 Å². The van der Waals surface area contributed by atoms with Gasteiger partial charge in [0.2, 0.25) is 0 Å². The SMILES string of the molecule is COCc1ccc2c(c1)CCCC(c1ccc(Cl)cc1Cl)=C2S. The lowest BCUT2D eigenvalue weighted by molar-refractivity contribution is 0.185. The van der Waals surface area contributed by atoms with E-state index >= 15 is 0 Å². The van der Waals surface area contributed by atoms with E-state index in [1.807, 2.05) is 12.1 Å². The summed E-state index contributed by atoms with van der Waals surface area (Å²) in [4.78, 5) is 1.01. The van der Waals surface area contributed by atoms with E-state index in [0.29, 0.717) is 16.7 Å². The van der Waals surface area contributed by atoms with Crippen LogP contribution in [0.2, 0.25) is 10.0 Å². The lowest BCUT2D eigenvalue weighted by atomic mass is 9.99. The van der Waals surface area contributed by atoms with Gasteiger partial charge in [0.25, 0.3) is 0 Å². The van der Waals surface area contributed by atoms with Crippen molar-refractivity contribution in [1.29, 1.82) is 0 Å². The van der Waals surface area contributed by atoms with Crippen LogP contribution in [0.25, 0.3) is 10.5 Å². The molecule has 0 unspecified atom stereocenters. The number of hydrogen-bond acceptors (Lipinski definition) is 2. The summed E-state index contributed by atoms with van der Waals surface area (Å²) in [5.41, 5.74) is 5.92. The zero-order valence-electron chi connectivity index (χ0n) is 12.9. The number of aryl methyl sites for hydroxylation is 1. The highest BCUT2D eigenvalue weighted by Crippen LogP contribution is 2.40. The van der Waals surface area contributed by atoms with Crippen molar-refractivity contribution >= 4 is 46.3 Å². The molecule has 1 aliphatic rings. The Morgan fingerprint density at radius 2 is 1.83 bits per heavy atom. The molecule has 3 rings (SSSR count).